The van der Waals surface area contributed by atoms with Gasteiger partial charge >= 0.3 is 0 Å². The summed E-state index contributed by atoms with van der Waals surface area (Å²) in [5.74, 6) is -0.376. The first-order chi connectivity index (χ1) is 14.5. The third-order valence-electron chi connectivity index (χ3n) is 5.70. The van der Waals surface area contributed by atoms with Crippen molar-refractivity contribution >= 4 is 28.5 Å². The summed E-state index contributed by atoms with van der Waals surface area (Å²) in [5.41, 5.74) is 2.05. The minimum absolute atomic E-state index is 0.0136. The molecule has 1 aromatic heterocycles. The summed E-state index contributed by atoms with van der Waals surface area (Å²) in [7, 11) is 0. The Kier molecular flexibility index (Phi) is 6.21. The first-order valence-electron chi connectivity index (χ1n) is 10.3. The highest BCUT2D eigenvalue weighted by Gasteiger charge is 2.23. The molecule has 156 valence electrons. The number of carbonyl (C=O) groups is 1. The van der Waals surface area contributed by atoms with Crippen LogP contribution in [0.3, 0.4) is 0 Å². The van der Waals surface area contributed by atoms with E-state index in [0.717, 1.165) is 18.7 Å². The van der Waals surface area contributed by atoms with Crippen molar-refractivity contribution < 1.29 is 9.21 Å². The SMILES string of the molecule is Cc1cc2oc(C(=O)NC[C@H](c3ccccc3)N3CCCCC3)cc(=O)c2cc1Cl. The fourth-order valence-electron chi connectivity index (χ4n) is 4.03. The van der Waals surface area contributed by atoms with Gasteiger partial charge in [-0.05, 0) is 56.1 Å². The number of fused-ring (bicyclic) bond motifs is 1. The molecule has 30 heavy (non-hydrogen) atoms. The number of amides is 1. The average molecular weight is 425 g/mol. The first kappa shape index (κ1) is 20.6. The summed E-state index contributed by atoms with van der Waals surface area (Å²) in [4.78, 5) is 27.7. The lowest BCUT2D eigenvalue weighted by Crippen LogP contribution is -2.40. The molecular formula is C24H25ClN2O3. The Hall–Kier alpha value is -2.63. The monoisotopic (exact) mass is 424 g/mol. The second-order valence-corrected chi connectivity index (χ2v) is 8.21. The van der Waals surface area contributed by atoms with Gasteiger partial charge in [0, 0.05) is 17.6 Å². The molecule has 0 aliphatic carbocycles. The van der Waals surface area contributed by atoms with Crippen molar-refractivity contribution in [3.63, 3.8) is 0 Å². The number of nitrogens with one attached hydrogen (secondary N) is 1. The van der Waals surface area contributed by atoms with Crippen molar-refractivity contribution in [3.8, 4) is 0 Å². The standard InChI is InChI=1S/C24H25ClN2O3/c1-16-12-22-18(13-19(16)25)21(28)14-23(30-22)24(29)26-15-20(17-8-4-2-5-9-17)27-10-6-3-7-11-27/h2,4-5,8-9,12-14,20H,3,6-7,10-11,15H2,1H3,(H,26,29)/t20-/m1/s1. The number of aryl methyl sites for hydroxylation is 1. The van der Waals surface area contributed by atoms with Gasteiger partial charge in [-0.15, -0.1) is 0 Å². The predicted molar refractivity (Wildman–Crippen MR) is 119 cm³/mol. The zero-order valence-electron chi connectivity index (χ0n) is 17.0. The van der Waals surface area contributed by atoms with E-state index in [4.69, 9.17) is 16.0 Å². The maximum atomic E-state index is 12.8. The van der Waals surface area contributed by atoms with Crippen LogP contribution in [0.25, 0.3) is 11.0 Å². The van der Waals surface area contributed by atoms with Gasteiger partial charge < -0.3 is 9.73 Å². The molecule has 2 heterocycles. The highest BCUT2D eigenvalue weighted by atomic mass is 35.5. The predicted octanol–water partition coefficient (Wildman–Crippen LogP) is 4.71. The number of carbonyl (C=O) groups excluding carboxylic acids is 1. The van der Waals surface area contributed by atoms with Crippen LogP contribution in [-0.4, -0.2) is 30.4 Å². The van der Waals surface area contributed by atoms with E-state index in [1.54, 1.807) is 12.1 Å². The van der Waals surface area contributed by atoms with Crippen LogP contribution in [0.15, 0.2) is 57.7 Å². The van der Waals surface area contributed by atoms with E-state index >= 15 is 0 Å². The van der Waals surface area contributed by atoms with Crippen molar-refractivity contribution in [2.75, 3.05) is 19.6 Å². The molecular weight excluding hydrogens is 400 g/mol. The van der Waals surface area contributed by atoms with Crippen LogP contribution in [0.2, 0.25) is 5.02 Å². The largest absolute Gasteiger partial charge is 0.451 e. The summed E-state index contributed by atoms with van der Waals surface area (Å²) in [6.45, 7) is 4.31. The van der Waals surface area contributed by atoms with Gasteiger partial charge in [0.05, 0.1) is 11.4 Å². The molecule has 0 saturated carbocycles. The molecule has 1 saturated heterocycles. The maximum Gasteiger partial charge on any atom is 0.287 e. The molecule has 0 bridgehead atoms. The van der Waals surface area contributed by atoms with E-state index in [9.17, 15) is 9.59 Å². The summed E-state index contributed by atoms with van der Waals surface area (Å²) in [6.07, 6.45) is 3.58. The van der Waals surface area contributed by atoms with Crippen LogP contribution in [0, 0.1) is 6.92 Å². The minimum Gasteiger partial charge on any atom is -0.451 e. The number of rotatable bonds is 5. The van der Waals surface area contributed by atoms with Crippen molar-refractivity contribution in [2.24, 2.45) is 0 Å². The number of likely N-dealkylation sites (tertiary alicyclic amines) is 1. The third kappa shape index (κ3) is 4.42. The molecule has 1 atom stereocenters. The number of halogens is 1. The Labute approximate surface area is 180 Å². The molecule has 1 aliphatic rings. The van der Waals surface area contributed by atoms with Gasteiger partial charge in [0.15, 0.2) is 11.2 Å². The van der Waals surface area contributed by atoms with Crippen LogP contribution >= 0.6 is 11.6 Å². The van der Waals surface area contributed by atoms with Gasteiger partial charge in [0.1, 0.15) is 5.58 Å². The molecule has 5 nitrogen and oxygen atoms in total. The van der Waals surface area contributed by atoms with Gasteiger partial charge in [-0.3, -0.25) is 14.5 Å². The molecule has 0 radical (unpaired) electrons. The molecule has 1 amide bonds. The maximum absolute atomic E-state index is 12.8. The van der Waals surface area contributed by atoms with Crippen LogP contribution < -0.4 is 10.7 Å². The van der Waals surface area contributed by atoms with E-state index in [1.807, 2.05) is 25.1 Å². The van der Waals surface area contributed by atoms with Crippen molar-refractivity contribution in [1.29, 1.82) is 0 Å². The molecule has 6 heteroatoms. The number of hydrogen-bond acceptors (Lipinski definition) is 4. The van der Waals surface area contributed by atoms with Crippen molar-refractivity contribution in [1.82, 2.24) is 10.2 Å². The summed E-state index contributed by atoms with van der Waals surface area (Å²) in [5, 5.41) is 3.85. The smallest absolute Gasteiger partial charge is 0.287 e. The highest BCUT2D eigenvalue weighted by Crippen LogP contribution is 2.25. The van der Waals surface area contributed by atoms with Crippen LogP contribution in [-0.2, 0) is 0 Å². The normalized spacial score (nSPS) is 15.8. The zero-order valence-corrected chi connectivity index (χ0v) is 17.7. The Morgan fingerprint density at radius 1 is 1.13 bits per heavy atom. The Morgan fingerprint density at radius 2 is 1.87 bits per heavy atom. The molecule has 1 N–H and O–H groups in total. The van der Waals surface area contributed by atoms with Gasteiger partial charge in [-0.1, -0.05) is 48.4 Å². The van der Waals surface area contributed by atoms with E-state index in [-0.39, 0.29) is 23.1 Å². The second kappa shape index (κ2) is 9.02. The fourth-order valence-corrected chi connectivity index (χ4v) is 4.19. The van der Waals surface area contributed by atoms with E-state index in [1.165, 1.54) is 30.9 Å². The molecule has 1 aliphatic heterocycles. The van der Waals surface area contributed by atoms with Crippen LogP contribution in [0.1, 0.15) is 47.0 Å². The van der Waals surface area contributed by atoms with Gasteiger partial charge in [0.25, 0.3) is 5.91 Å². The second-order valence-electron chi connectivity index (χ2n) is 7.81. The van der Waals surface area contributed by atoms with Crippen LogP contribution in [0.4, 0.5) is 0 Å². The lowest BCUT2D eigenvalue weighted by molar-refractivity contribution is 0.0897. The fraction of sp³-hybridized carbons (Fsp3) is 0.333. The zero-order chi connectivity index (χ0) is 21.1. The van der Waals surface area contributed by atoms with Gasteiger partial charge in [-0.2, -0.15) is 0 Å². The first-order valence-corrected chi connectivity index (χ1v) is 10.7. The average Bonchev–Trinajstić information content (AvgIpc) is 2.76. The summed E-state index contributed by atoms with van der Waals surface area (Å²) < 4.78 is 5.74. The summed E-state index contributed by atoms with van der Waals surface area (Å²) in [6, 6.07) is 14.8. The Balaban J connectivity index is 1.56. The number of nitrogens with zero attached hydrogens (tertiary/aromatic N) is 1. The van der Waals surface area contributed by atoms with E-state index in [2.05, 4.69) is 22.3 Å². The number of benzene rings is 2. The topological polar surface area (TPSA) is 62.6 Å². The number of piperidine rings is 1. The highest BCUT2D eigenvalue weighted by molar-refractivity contribution is 6.32. The van der Waals surface area contributed by atoms with E-state index < -0.39 is 0 Å². The molecule has 1 fully saturated rings. The molecule has 4 rings (SSSR count). The number of hydrogen-bond donors (Lipinski definition) is 1. The van der Waals surface area contributed by atoms with Crippen molar-refractivity contribution in [3.05, 3.63) is 80.7 Å². The van der Waals surface area contributed by atoms with Gasteiger partial charge in [-0.25, -0.2) is 0 Å². The molecule has 0 unspecified atom stereocenters. The lowest BCUT2D eigenvalue weighted by Gasteiger charge is -2.35. The molecule has 0 spiro atoms. The van der Waals surface area contributed by atoms with Gasteiger partial charge in [0.2, 0.25) is 0 Å². The van der Waals surface area contributed by atoms with Crippen LogP contribution in [0.5, 0.6) is 0 Å². The van der Waals surface area contributed by atoms with Crippen molar-refractivity contribution in [2.45, 2.75) is 32.2 Å². The molecule has 3 aromatic rings. The third-order valence-corrected chi connectivity index (χ3v) is 6.11. The summed E-state index contributed by atoms with van der Waals surface area (Å²) >= 11 is 6.11. The lowest BCUT2D eigenvalue weighted by atomic mass is 10.0. The quantitative estimate of drug-likeness (QED) is 0.644. The van der Waals surface area contributed by atoms with E-state index in [0.29, 0.717) is 22.5 Å². The minimum atomic E-state index is -0.389. The Bertz CT molecular complexity index is 1100. The molecule has 2 aromatic carbocycles. The Morgan fingerprint density at radius 3 is 2.60 bits per heavy atom.